The topological polar surface area (TPSA) is 68.3 Å². The van der Waals surface area contributed by atoms with Crippen LogP contribution in [-0.4, -0.2) is 23.5 Å². The first-order valence-corrected chi connectivity index (χ1v) is 8.26. The highest BCUT2D eigenvalue weighted by Gasteiger charge is 2.14. The van der Waals surface area contributed by atoms with Gasteiger partial charge in [0.25, 0.3) is 5.91 Å². The molecule has 1 aromatic heterocycles. The highest BCUT2D eigenvalue weighted by atomic mass is 127. The van der Waals surface area contributed by atoms with E-state index in [1.807, 2.05) is 28.7 Å². The van der Waals surface area contributed by atoms with Crippen LogP contribution in [0.25, 0.3) is 0 Å². The summed E-state index contributed by atoms with van der Waals surface area (Å²) in [6, 6.07) is 8.42. The van der Waals surface area contributed by atoms with Gasteiger partial charge in [-0.1, -0.05) is 35.3 Å². The molecule has 1 amide bonds. The zero-order valence-corrected chi connectivity index (χ0v) is 15.6. The lowest BCUT2D eigenvalue weighted by Gasteiger charge is -2.09. The zero-order valence-electron chi connectivity index (χ0n) is 11.9. The first kappa shape index (κ1) is 18.0. The number of aromatic nitrogens is 1. The quantitative estimate of drug-likeness (QED) is 0.546. The van der Waals surface area contributed by atoms with E-state index in [4.69, 9.17) is 27.9 Å². The third-order valence-corrected chi connectivity index (χ3v) is 4.40. The number of esters is 1. The summed E-state index contributed by atoms with van der Waals surface area (Å²) in [7, 11) is 0. The van der Waals surface area contributed by atoms with Crippen molar-refractivity contribution >= 4 is 63.5 Å². The van der Waals surface area contributed by atoms with Crippen molar-refractivity contribution in [1.82, 2.24) is 4.98 Å². The van der Waals surface area contributed by atoms with Gasteiger partial charge in [-0.25, -0.2) is 9.78 Å². The molecule has 0 unspecified atom stereocenters. The van der Waals surface area contributed by atoms with Crippen LogP contribution in [0.5, 0.6) is 0 Å². The Morgan fingerprint density at radius 2 is 1.96 bits per heavy atom. The predicted octanol–water partition coefficient (Wildman–Crippen LogP) is 4.10. The van der Waals surface area contributed by atoms with Gasteiger partial charge in [-0.05, 0) is 47.7 Å². The van der Waals surface area contributed by atoms with Gasteiger partial charge >= 0.3 is 5.97 Å². The molecule has 120 valence electrons. The molecule has 0 saturated carbocycles. The van der Waals surface area contributed by atoms with Crippen molar-refractivity contribution in [1.29, 1.82) is 0 Å². The van der Waals surface area contributed by atoms with Crippen LogP contribution in [0.2, 0.25) is 10.0 Å². The normalized spacial score (nSPS) is 10.3. The molecule has 8 heteroatoms. The molecule has 0 atom stereocenters. The average molecular weight is 465 g/mol. The Morgan fingerprint density at radius 3 is 2.65 bits per heavy atom. The Morgan fingerprint density at radius 1 is 1.26 bits per heavy atom. The van der Waals surface area contributed by atoms with Gasteiger partial charge in [-0.3, -0.25) is 4.79 Å². The van der Waals surface area contributed by atoms with Crippen LogP contribution in [0.3, 0.4) is 0 Å². The number of hydrogen-bond donors (Lipinski definition) is 1. The monoisotopic (exact) mass is 464 g/mol. The fraction of sp³-hybridized carbons (Fsp3) is 0.133. The number of amides is 1. The molecular weight excluding hydrogens is 454 g/mol. The first-order valence-electron chi connectivity index (χ1n) is 6.42. The Kier molecular flexibility index (Phi) is 6.20. The van der Waals surface area contributed by atoms with E-state index < -0.39 is 18.5 Å². The molecular formula is C15H11Cl2IN2O3. The van der Waals surface area contributed by atoms with Crippen LogP contribution < -0.4 is 5.32 Å². The van der Waals surface area contributed by atoms with E-state index in [0.717, 1.165) is 3.57 Å². The van der Waals surface area contributed by atoms with Crippen molar-refractivity contribution in [2.24, 2.45) is 0 Å². The molecule has 1 N–H and O–H groups in total. The summed E-state index contributed by atoms with van der Waals surface area (Å²) in [4.78, 5) is 27.9. The first-order chi connectivity index (χ1) is 10.9. The number of ether oxygens (including phenoxy) is 1. The Hall–Kier alpha value is -1.38. The minimum atomic E-state index is -0.573. The standard InChI is InChI=1S/C15H11Cl2IN2O3/c1-8-10(16)6-11(17)14(19-8)20-13(21)7-23-15(22)9-4-2-3-5-12(9)18/h2-6H,7H2,1H3,(H,19,20,21). The number of hydrogen-bond acceptors (Lipinski definition) is 4. The van der Waals surface area contributed by atoms with Crippen LogP contribution in [-0.2, 0) is 9.53 Å². The highest BCUT2D eigenvalue weighted by Crippen LogP contribution is 2.25. The number of aryl methyl sites for hydroxylation is 1. The van der Waals surface area contributed by atoms with Crippen LogP contribution >= 0.6 is 45.8 Å². The van der Waals surface area contributed by atoms with Gasteiger partial charge in [0.1, 0.15) is 0 Å². The molecule has 23 heavy (non-hydrogen) atoms. The van der Waals surface area contributed by atoms with Crippen molar-refractivity contribution in [2.45, 2.75) is 6.92 Å². The Labute approximate surface area is 156 Å². The maximum Gasteiger partial charge on any atom is 0.339 e. The Bertz CT molecular complexity index is 768. The summed E-state index contributed by atoms with van der Waals surface area (Å²) >= 11 is 13.9. The van der Waals surface area contributed by atoms with Crippen LogP contribution in [0.1, 0.15) is 16.1 Å². The number of pyridine rings is 1. The molecule has 0 radical (unpaired) electrons. The second-order valence-electron chi connectivity index (χ2n) is 4.49. The molecule has 1 aromatic carbocycles. The van der Waals surface area contributed by atoms with Gasteiger partial charge in [-0.15, -0.1) is 0 Å². The van der Waals surface area contributed by atoms with Gasteiger partial charge in [0.05, 0.1) is 21.3 Å². The molecule has 0 aliphatic rings. The lowest BCUT2D eigenvalue weighted by Crippen LogP contribution is -2.22. The lowest BCUT2D eigenvalue weighted by molar-refractivity contribution is -0.119. The SMILES string of the molecule is Cc1nc(NC(=O)COC(=O)c2ccccc2I)c(Cl)cc1Cl. The molecule has 5 nitrogen and oxygen atoms in total. The molecule has 0 saturated heterocycles. The van der Waals surface area contributed by atoms with E-state index in [1.54, 1.807) is 25.1 Å². The minimum Gasteiger partial charge on any atom is -0.452 e. The van der Waals surface area contributed by atoms with Gasteiger partial charge < -0.3 is 10.1 Å². The smallest absolute Gasteiger partial charge is 0.339 e. The van der Waals surface area contributed by atoms with E-state index >= 15 is 0 Å². The van der Waals surface area contributed by atoms with Crippen molar-refractivity contribution in [3.05, 3.63) is 55.2 Å². The average Bonchev–Trinajstić information content (AvgIpc) is 2.51. The summed E-state index contributed by atoms with van der Waals surface area (Å²) < 4.78 is 5.73. The molecule has 0 bridgehead atoms. The number of carbonyl (C=O) groups is 2. The summed E-state index contributed by atoms with van der Waals surface area (Å²) in [5.41, 5.74) is 0.932. The summed E-state index contributed by atoms with van der Waals surface area (Å²) in [6.07, 6.45) is 0. The van der Waals surface area contributed by atoms with Crippen molar-refractivity contribution in [3.63, 3.8) is 0 Å². The van der Waals surface area contributed by atoms with Gasteiger partial charge in [0.2, 0.25) is 0 Å². The van der Waals surface area contributed by atoms with Crippen LogP contribution in [0.15, 0.2) is 30.3 Å². The Balaban J connectivity index is 1.97. The second kappa shape index (κ2) is 7.94. The van der Waals surface area contributed by atoms with E-state index in [0.29, 0.717) is 16.3 Å². The largest absolute Gasteiger partial charge is 0.452 e. The minimum absolute atomic E-state index is 0.170. The predicted molar refractivity (Wildman–Crippen MR) is 97.1 cm³/mol. The fourth-order valence-electron chi connectivity index (χ4n) is 1.65. The maximum atomic E-state index is 11.9. The zero-order chi connectivity index (χ0) is 17.0. The number of halogens is 3. The van der Waals surface area contributed by atoms with Gasteiger partial charge in [0.15, 0.2) is 12.4 Å². The molecule has 1 heterocycles. The van der Waals surface area contributed by atoms with E-state index in [9.17, 15) is 9.59 Å². The second-order valence-corrected chi connectivity index (χ2v) is 6.47. The van der Waals surface area contributed by atoms with E-state index in [2.05, 4.69) is 10.3 Å². The summed E-state index contributed by atoms with van der Waals surface area (Å²) in [5.74, 6) is -0.944. The van der Waals surface area contributed by atoms with E-state index in [-0.39, 0.29) is 10.8 Å². The molecule has 0 aliphatic carbocycles. The third kappa shape index (κ3) is 4.79. The summed E-state index contributed by atoms with van der Waals surface area (Å²) in [6.45, 7) is 1.25. The fourth-order valence-corrected chi connectivity index (χ4v) is 2.66. The highest BCUT2D eigenvalue weighted by molar-refractivity contribution is 14.1. The number of rotatable bonds is 4. The summed E-state index contributed by atoms with van der Waals surface area (Å²) in [5, 5.41) is 3.09. The molecule has 0 aliphatic heterocycles. The number of anilines is 1. The van der Waals surface area contributed by atoms with Gasteiger partial charge in [0, 0.05) is 3.57 Å². The van der Waals surface area contributed by atoms with Gasteiger partial charge in [-0.2, -0.15) is 0 Å². The number of nitrogens with one attached hydrogen (secondary N) is 1. The number of carbonyl (C=O) groups excluding carboxylic acids is 2. The van der Waals surface area contributed by atoms with Crippen LogP contribution in [0.4, 0.5) is 5.82 Å². The molecule has 2 aromatic rings. The lowest BCUT2D eigenvalue weighted by atomic mass is 10.2. The van der Waals surface area contributed by atoms with Crippen LogP contribution in [0, 0.1) is 10.5 Å². The number of nitrogens with zero attached hydrogens (tertiary/aromatic N) is 1. The number of benzene rings is 1. The maximum absolute atomic E-state index is 11.9. The van der Waals surface area contributed by atoms with Crippen molar-refractivity contribution in [2.75, 3.05) is 11.9 Å². The third-order valence-electron chi connectivity index (χ3n) is 2.79. The molecule has 0 spiro atoms. The molecule has 0 fully saturated rings. The van der Waals surface area contributed by atoms with Crippen molar-refractivity contribution in [3.8, 4) is 0 Å². The van der Waals surface area contributed by atoms with Crippen molar-refractivity contribution < 1.29 is 14.3 Å². The molecule has 2 rings (SSSR count). The van der Waals surface area contributed by atoms with E-state index in [1.165, 1.54) is 6.07 Å².